The van der Waals surface area contributed by atoms with Crippen LogP contribution in [-0.4, -0.2) is 42.0 Å². The van der Waals surface area contributed by atoms with Gasteiger partial charge in [-0.15, -0.1) is 0 Å². The predicted molar refractivity (Wildman–Crippen MR) is 88.6 cm³/mol. The number of benzene rings is 1. The number of hydrogen-bond acceptors (Lipinski definition) is 4. The molecule has 0 saturated carbocycles. The Balaban J connectivity index is 1.82. The Hall–Kier alpha value is -1.62. The molecule has 0 radical (unpaired) electrons. The Bertz CT molecular complexity index is 573. The minimum absolute atomic E-state index is 0.253. The van der Waals surface area contributed by atoms with Crippen molar-refractivity contribution < 1.29 is 4.92 Å². The van der Waals surface area contributed by atoms with Crippen LogP contribution in [0, 0.1) is 17.0 Å². The normalized spacial score (nSPS) is 21.4. The summed E-state index contributed by atoms with van der Waals surface area (Å²) < 4.78 is 0. The second kappa shape index (κ2) is 6.24. The highest BCUT2D eigenvalue weighted by Gasteiger charge is 2.32. The molecule has 1 saturated heterocycles. The van der Waals surface area contributed by atoms with Crippen molar-refractivity contribution in [1.82, 2.24) is 4.90 Å². The van der Waals surface area contributed by atoms with Crippen molar-refractivity contribution in [2.75, 3.05) is 31.1 Å². The van der Waals surface area contributed by atoms with Gasteiger partial charge >= 0.3 is 0 Å². The molecule has 0 spiro atoms. The maximum absolute atomic E-state index is 11.2. The van der Waals surface area contributed by atoms with Crippen LogP contribution >= 0.6 is 0 Å². The highest BCUT2D eigenvalue weighted by Crippen LogP contribution is 2.37. The molecule has 0 aromatic heterocycles. The number of unbranched alkanes of at least 4 members (excludes halogenated alkanes) is 1. The van der Waals surface area contributed by atoms with Gasteiger partial charge in [-0.2, -0.15) is 0 Å². The molecule has 120 valence electrons. The first-order valence-corrected chi connectivity index (χ1v) is 8.37. The van der Waals surface area contributed by atoms with Crippen LogP contribution in [-0.2, 0) is 6.42 Å². The predicted octanol–water partition coefficient (Wildman–Crippen LogP) is 3.14. The highest BCUT2D eigenvalue weighted by molar-refractivity contribution is 5.64. The molecule has 1 fully saturated rings. The molecule has 0 amide bonds. The van der Waals surface area contributed by atoms with E-state index in [0.717, 1.165) is 43.7 Å². The second-order valence-corrected chi connectivity index (χ2v) is 6.56. The van der Waals surface area contributed by atoms with Crippen molar-refractivity contribution >= 4 is 11.4 Å². The molecule has 22 heavy (non-hydrogen) atoms. The zero-order valence-corrected chi connectivity index (χ0v) is 13.5. The molecule has 0 aliphatic carbocycles. The minimum Gasteiger partial charge on any atom is -0.366 e. The molecule has 2 aliphatic rings. The number of fused-ring (bicyclic) bond motifs is 3. The zero-order valence-electron chi connectivity index (χ0n) is 13.5. The summed E-state index contributed by atoms with van der Waals surface area (Å²) in [6, 6.07) is 4.34. The van der Waals surface area contributed by atoms with E-state index in [9.17, 15) is 10.1 Å². The summed E-state index contributed by atoms with van der Waals surface area (Å²) in [6.45, 7) is 8.41. The van der Waals surface area contributed by atoms with Crippen LogP contribution in [0.15, 0.2) is 12.1 Å². The van der Waals surface area contributed by atoms with Crippen LogP contribution in [0.4, 0.5) is 11.4 Å². The Morgan fingerprint density at radius 1 is 1.36 bits per heavy atom. The van der Waals surface area contributed by atoms with Crippen molar-refractivity contribution in [3.63, 3.8) is 0 Å². The van der Waals surface area contributed by atoms with Gasteiger partial charge in [-0.3, -0.25) is 15.0 Å². The Labute approximate surface area is 132 Å². The summed E-state index contributed by atoms with van der Waals surface area (Å²) in [4.78, 5) is 15.9. The topological polar surface area (TPSA) is 49.6 Å². The first-order chi connectivity index (χ1) is 10.6. The van der Waals surface area contributed by atoms with Crippen molar-refractivity contribution in [3.8, 4) is 0 Å². The van der Waals surface area contributed by atoms with E-state index in [1.54, 1.807) is 6.07 Å². The van der Waals surface area contributed by atoms with Crippen molar-refractivity contribution in [2.24, 2.45) is 0 Å². The molecule has 2 heterocycles. The lowest BCUT2D eigenvalue weighted by molar-refractivity contribution is -0.385. The smallest absolute Gasteiger partial charge is 0.274 e. The second-order valence-electron chi connectivity index (χ2n) is 6.56. The molecule has 2 aliphatic heterocycles. The van der Waals surface area contributed by atoms with Crippen LogP contribution in [0.5, 0.6) is 0 Å². The number of piperazine rings is 1. The van der Waals surface area contributed by atoms with Gasteiger partial charge < -0.3 is 4.90 Å². The van der Waals surface area contributed by atoms with Crippen LogP contribution in [0.25, 0.3) is 0 Å². The van der Waals surface area contributed by atoms with E-state index >= 15 is 0 Å². The largest absolute Gasteiger partial charge is 0.366 e. The highest BCUT2D eigenvalue weighted by atomic mass is 16.6. The average molecular weight is 303 g/mol. The Kier molecular flexibility index (Phi) is 4.34. The lowest BCUT2D eigenvalue weighted by atomic mass is 9.92. The van der Waals surface area contributed by atoms with Crippen LogP contribution in [0.3, 0.4) is 0 Å². The summed E-state index contributed by atoms with van der Waals surface area (Å²) in [5.41, 5.74) is 3.42. The first-order valence-electron chi connectivity index (χ1n) is 8.37. The fraction of sp³-hybridized carbons (Fsp3) is 0.647. The van der Waals surface area contributed by atoms with Gasteiger partial charge in [0.1, 0.15) is 0 Å². The third kappa shape index (κ3) is 2.82. The van der Waals surface area contributed by atoms with Gasteiger partial charge in [0.2, 0.25) is 0 Å². The lowest BCUT2D eigenvalue weighted by Gasteiger charge is -2.46. The van der Waals surface area contributed by atoms with E-state index in [1.165, 1.54) is 24.9 Å². The molecule has 5 nitrogen and oxygen atoms in total. The van der Waals surface area contributed by atoms with Gasteiger partial charge in [0.15, 0.2) is 0 Å². The molecule has 5 heteroatoms. The van der Waals surface area contributed by atoms with Crippen LogP contribution in [0.1, 0.15) is 37.3 Å². The van der Waals surface area contributed by atoms with Crippen molar-refractivity contribution in [3.05, 3.63) is 33.4 Å². The third-order valence-electron chi connectivity index (χ3n) is 5.04. The summed E-state index contributed by atoms with van der Waals surface area (Å²) in [6.07, 6.45) is 4.69. The molecule has 1 aromatic rings. The molecule has 0 N–H and O–H groups in total. The number of rotatable bonds is 4. The molecule has 1 unspecified atom stereocenters. The molecule has 0 bridgehead atoms. The lowest BCUT2D eigenvalue weighted by Crippen LogP contribution is -2.55. The quantitative estimate of drug-likeness (QED) is 0.633. The number of nitro groups is 1. The molecular weight excluding hydrogens is 278 g/mol. The fourth-order valence-corrected chi connectivity index (χ4v) is 3.80. The maximum Gasteiger partial charge on any atom is 0.274 e. The Morgan fingerprint density at radius 2 is 2.18 bits per heavy atom. The van der Waals surface area contributed by atoms with Crippen LogP contribution in [0.2, 0.25) is 0 Å². The fourth-order valence-electron chi connectivity index (χ4n) is 3.80. The number of nitrogens with zero attached hydrogens (tertiary/aromatic N) is 3. The van der Waals surface area contributed by atoms with E-state index < -0.39 is 0 Å². The minimum atomic E-state index is -0.253. The van der Waals surface area contributed by atoms with Crippen molar-refractivity contribution in [2.45, 2.75) is 45.6 Å². The van der Waals surface area contributed by atoms with E-state index in [1.807, 2.05) is 13.0 Å². The molecule has 1 aromatic carbocycles. The zero-order chi connectivity index (χ0) is 15.7. The summed E-state index contributed by atoms with van der Waals surface area (Å²) >= 11 is 0. The maximum atomic E-state index is 11.2. The monoisotopic (exact) mass is 303 g/mol. The van der Waals surface area contributed by atoms with Gasteiger partial charge in [-0.1, -0.05) is 13.3 Å². The van der Waals surface area contributed by atoms with Gasteiger partial charge in [0, 0.05) is 43.0 Å². The van der Waals surface area contributed by atoms with Crippen molar-refractivity contribution in [1.29, 1.82) is 0 Å². The summed E-state index contributed by atoms with van der Waals surface area (Å²) in [7, 11) is 0. The van der Waals surface area contributed by atoms with E-state index in [0.29, 0.717) is 6.04 Å². The molecule has 1 atom stereocenters. The molecular formula is C17H25N3O2. The van der Waals surface area contributed by atoms with E-state index in [4.69, 9.17) is 0 Å². The third-order valence-corrected chi connectivity index (χ3v) is 5.04. The standard InChI is InChI=1S/C17H25N3O2/c1-3-4-7-18-8-9-19-15(12-18)6-5-14-10-13(2)16(20(21)22)11-17(14)19/h10-11,15H,3-9,12H2,1-2H3. The average Bonchev–Trinajstić information content (AvgIpc) is 2.51. The SMILES string of the molecule is CCCCN1CCN2c3cc([N+](=O)[O-])c(C)cc3CCC2C1. The number of hydrogen-bond donors (Lipinski definition) is 0. The van der Waals surface area contributed by atoms with Gasteiger partial charge in [0.25, 0.3) is 5.69 Å². The van der Waals surface area contributed by atoms with Gasteiger partial charge in [-0.25, -0.2) is 0 Å². The van der Waals surface area contributed by atoms with Gasteiger partial charge in [0.05, 0.1) is 4.92 Å². The van der Waals surface area contributed by atoms with E-state index in [-0.39, 0.29) is 10.6 Å². The van der Waals surface area contributed by atoms with E-state index in [2.05, 4.69) is 16.7 Å². The number of aryl methyl sites for hydroxylation is 2. The molecule has 3 rings (SSSR count). The summed E-state index contributed by atoms with van der Waals surface area (Å²) in [5.74, 6) is 0. The van der Waals surface area contributed by atoms with Gasteiger partial charge in [-0.05, 0) is 44.4 Å². The van der Waals surface area contributed by atoms with Crippen LogP contribution < -0.4 is 4.90 Å². The summed E-state index contributed by atoms with van der Waals surface area (Å²) in [5, 5.41) is 11.2. The number of nitro benzene ring substituents is 1. The first kappa shape index (κ1) is 15.3. The number of anilines is 1. The Morgan fingerprint density at radius 3 is 2.91 bits per heavy atom.